The highest BCUT2D eigenvalue weighted by Crippen LogP contribution is 2.21. The summed E-state index contributed by atoms with van der Waals surface area (Å²) in [4.78, 5) is 26.1. The van der Waals surface area contributed by atoms with Gasteiger partial charge in [-0.2, -0.15) is 5.10 Å². The van der Waals surface area contributed by atoms with Crippen LogP contribution in [0, 0.1) is 0 Å². The second kappa shape index (κ2) is 7.79. The normalized spacial score (nSPS) is 13.4. The van der Waals surface area contributed by atoms with Gasteiger partial charge in [-0.25, -0.2) is 9.48 Å². The van der Waals surface area contributed by atoms with Crippen LogP contribution < -0.4 is 0 Å². The minimum absolute atomic E-state index is 0.183. The summed E-state index contributed by atoms with van der Waals surface area (Å²) in [7, 11) is 0. The molecule has 1 aromatic carbocycles. The number of esters is 1. The molecule has 1 heterocycles. The van der Waals surface area contributed by atoms with Crippen LogP contribution in [-0.4, -0.2) is 39.7 Å². The summed E-state index contributed by atoms with van der Waals surface area (Å²) in [5, 5.41) is 4.13. The fourth-order valence-electron chi connectivity index (χ4n) is 2.90. The van der Waals surface area contributed by atoms with Crippen molar-refractivity contribution in [3.05, 3.63) is 60.1 Å². The van der Waals surface area contributed by atoms with Crippen molar-refractivity contribution >= 4 is 11.9 Å². The maximum absolute atomic E-state index is 12.3. The molecule has 0 aliphatic heterocycles. The van der Waals surface area contributed by atoms with Gasteiger partial charge in [0.15, 0.2) is 6.61 Å². The van der Waals surface area contributed by atoms with Crippen LogP contribution in [0.25, 0.3) is 5.69 Å². The van der Waals surface area contributed by atoms with Crippen molar-refractivity contribution in [1.29, 1.82) is 0 Å². The highest BCUT2D eigenvalue weighted by atomic mass is 16.5. The first-order valence-corrected chi connectivity index (χ1v) is 8.45. The lowest BCUT2D eigenvalue weighted by atomic mass is 10.2. The molecule has 1 amide bonds. The van der Waals surface area contributed by atoms with Crippen molar-refractivity contribution in [2.24, 2.45) is 0 Å². The molecule has 0 N–H and O–H groups in total. The molecule has 0 saturated carbocycles. The predicted molar refractivity (Wildman–Crippen MR) is 93.2 cm³/mol. The predicted octanol–water partition coefficient (Wildman–Crippen LogP) is 2.95. The van der Waals surface area contributed by atoms with Gasteiger partial charge in [-0.15, -0.1) is 0 Å². The Bertz CT molecular complexity index is 764. The maximum Gasteiger partial charge on any atom is 0.338 e. The van der Waals surface area contributed by atoms with Crippen LogP contribution in [0.15, 0.2) is 54.5 Å². The highest BCUT2D eigenvalue weighted by Gasteiger charge is 2.20. The van der Waals surface area contributed by atoms with E-state index in [1.807, 2.05) is 19.2 Å². The Hall–Kier alpha value is -2.89. The van der Waals surface area contributed by atoms with E-state index in [4.69, 9.17) is 4.74 Å². The van der Waals surface area contributed by atoms with E-state index in [0.717, 1.165) is 30.6 Å². The lowest BCUT2D eigenvalue weighted by Gasteiger charge is -2.22. The Morgan fingerprint density at radius 2 is 2.08 bits per heavy atom. The highest BCUT2D eigenvalue weighted by molar-refractivity contribution is 5.91. The van der Waals surface area contributed by atoms with Crippen LogP contribution in [0.2, 0.25) is 0 Å². The van der Waals surface area contributed by atoms with Crippen molar-refractivity contribution in [1.82, 2.24) is 14.7 Å². The summed E-state index contributed by atoms with van der Waals surface area (Å²) in [5.41, 5.74) is 2.29. The van der Waals surface area contributed by atoms with Crippen molar-refractivity contribution in [3.63, 3.8) is 0 Å². The fourth-order valence-corrected chi connectivity index (χ4v) is 2.90. The van der Waals surface area contributed by atoms with E-state index < -0.39 is 5.97 Å². The number of benzene rings is 1. The van der Waals surface area contributed by atoms with Crippen molar-refractivity contribution in [2.45, 2.75) is 26.2 Å². The smallest absolute Gasteiger partial charge is 0.338 e. The summed E-state index contributed by atoms with van der Waals surface area (Å²) in [6.07, 6.45) is 8.57. The number of nitrogens with zero attached hydrogens (tertiary/aromatic N) is 3. The van der Waals surface area contributed by atoms with Gasteiger partial charge in [-0.3, -0.25) is 4.79 Å². The molecule has 0 saturated heterocycles. The van der Waals surface area contributed by atoms with Gasteiger partial charge in [0.2, 0.25) is 0 Å². The second-order valence-corrected chi connectivity index (χ2v) is 5.80. The fraction of sp³-hybridized carbons (Fsp3) is 0.316. The first-order valence-electron chi connectivity index (χ1n) is 8.45. The van der Waals surface area contributed by atoms with E-state index in [1.54, 1.807) is 40.0 Å². The van der Waals surface area contributed by atoms with E-state index >= 15 is 0 Å². The number of amides is 1. The number of aromatic nitrogens is 2. The maximum atomic E-state index is 12.3. The molecule has 1 aromatic heterocycles. The van der Waals surface area contributed by atoms with Crippen LogP contribution in [0.1, 0.15) is 36.5 Å². The molecule has 1 aliphatic carbocycles. The molecule has 0 unspecified atom stereocenters. The third-order valence-corrected chi connectivity index (χ3v) is 4.18. The third kappa shape index (κ3) is 3.96. The van der Waals surface area contributed by atoms with Crippen LogP contribution in [0.3, 0.4) is 0 Å². The number of hydrogen-bond donors (Lipinski definition) is 0. The average Bonchev–Trinajstić information content (AvgIpc) is 3.34. The lowest BCUT2D eigenvalue weighted by Crippen LogP contribution is -2.33. The van der Waals surface area contributed by atoms with Crippen molar-refractivity contribution in [2.75, 3.05) is 13.2 Å². The summed E-state index contributed by atoms with van der Waals surface area (Å²) >= 11 is 0. The molecule has 0 spiro atoms. The molecule has 0 bridgehead atoms. The molecule has 2 aromatic rings. The first kappa shape index (κ1) is 17.0. The van der Waals surface area contributed by atoms with Crippen LogP contribution in [-0.2, 0) is 9.53 Å². The molecule has 6 nitrogen and oxygen atoms in total. The molecule has 130 valence electrons. The van der Waals surface area contributed by atoms with Gasteiger partial charge in [-0.1, -0.05) is 6.08 Å². The molecular formula is C19H21N3O3. The summed E-state index contributed by atoms with van der Waals surface area (Å²) in [5.74, 6) is -0.686. The van der Waals surface area contributed by atoms with E-state index in [-0.39, 0.29) is 12.5 Å². The molecule has 3 rings (SSSR count). The van der Waals surface area contributed by atoms with E-state index in [9.17, 15) is 9.59 Å². The molecule has 0 radical (unpaired) electrons. The topological polar surface area (TPSA) is 64.4 Å². The van der Waals surface area contributed by atoms with E-state index in [1.165, 1.54) is 0 Å². The lowest BCUT2D eigenvalue weighted by molar-refractivity contribution is -0.132. The Morgan fingerprint density at radius 3 is 2.68 bits per heavy atom. The van der Waals surface area contributed by atoms with Crippen LogP contribution in [0.5, 0.6) is 0 Å². The minimum Gasteiger partial charge on any atom is -0.452 e. The van der Waals surface area contributed by atoms with Gasteiger partial charge >= 0.3 is 5.97 Å². The molecule has 0 fully saturated rings. The van der Waals surface area contributed by atoms with Crippen molar-refractivity contribution in [3.8, 4) is 5.69 Å². The Kier molecular flexibility index (Phi) is 5.28. The Labute approximate surface area is 146 Å². The molecular weight excluding hydrogens is 318 g/mol. The molecule has 1 aliphatic rings. The summed E-state index contributed by atoms with van der Waals surface area (Å²) in [6, 6.07) is 8.73. The van der Waals surface area contributed by atoms with Gasteiger partial charge in [0.1, 0.15) is 0 Å². The van der Waals surface area contributed by atoms with Gasteiger partial charge in [-0.05, 0) is 56.5 Å². The molecule has 6 heteroatoms. The van der Waals surface area contributed by atoms with E-state index in [0.29, 0.717) is 12.1 Å². The number of allylic oxidation sites excluding steroid dienone is 2. The van der Waals surface area contributed by atoms with Gasteiger partial charge in [0.05, 0.1) is 11.3 Å². The quantitative estimate of drug-likeness (QED) is 0.759. The van der Waals surface area contributed by atoms with Gasteiger partial charge < -0.3 is 9.64 Å². The first-order chi connectivity index (χ1) is 12.2. The van der Waals surface area contributed by atoms with E-state index in [2.05, 4.69) is 11.2 Å². The summed E-state index contributed by atoms with van der Waals surface area (Å²) < 4.78 is 6.88. The number of ether oxygens (including phenoxy) is 1. The molecule has 0 atom stereocenters. The largest absolute Gasteiger partial charge is 0.452 e. The number of carbonyl (C=O) groups excluding carboxylic acids is 2. The number of carbonyl (C=O) groups is 2. The Morgan fingerprint density at radius 1 is 1.28 bits per heavy atom. The zero-order valence-corrected chi connectivity index (χ0v) is 14.2. The number of rotatable bonds is 6. The zero-order valence-electron chi connectivity index (χ0n) is 14.2. The van der Waals surface area contributed by atoms with Gasteiger partial charge in [0.25, 0.3) is 5.91 Å². The summed E-state index contributed by atoms with van der Waals surface area (Å²) in [6.45, 7) is 2.26. The van der Waals surface area contributed by atoms with Crippen molar-refractivity contribution < 1.29 is 14.3 Å². The molecule has 25 heavy (non-hydrogen) atoms. The van der Waals surface area contributed by atoms with Crippen LogP contribution in [0.4, 0.5) is 0 Å². The SMILES string of the molecule is CCN(C(=O)COC(=O)c1ccc(-n2cccn2)cc1)C1=CCCC1. The number of likely N-dealkylation sites (N-methyl/N-ethyl adjacent to an activating group) is 1. The average molecular weight is 339 g/mol. The minimum atomic E-state index is -0.503. The standard InChI is InChI=1S/C19H21N3O3/c1-2-21(16-6-3-4-7-16)18(23)14-25-19(24)15-8-10-17(11-9-15)22-13-5-12-20-22/h5-6,8-13H,2-4,7,14H2,1H3. The third-order valence-electron chi connectivity index (χ3n) is 4.18. The van der Waals surface area contributed by atoms with Gasteiger partial charge in [0, 0.05) is 24.6 Å². The monoisotopic (exact) mass is 339 g/mol. The second-order valence-electron chi connectivity index (χ2n) is 5.80. The zero-order chi connectivity index (χ0) is 17.6. The number of hydrogen-bond acceptors (Lipinski definition) is 4. The Balaban J connectivity index is 1.57. The van der Waals surface area contributed by atoms with Crippen LogP contribution >= 0.6 is 0 Å².